The average Bonchev–Trinajstić information content (AvgIpc) is 3.13. The van der Waals surface area contributed by atoms with E-state index in [1.807, 2.05) is 0 Å². The van der Waals surface area contributed by atoms with Crippen molar-refractivity contribution in [1.82, 2.24) is 5.32 Å². The van der Waals surface area contributed by atoms with Gasteiger partial charge in [0.15, 0.2) is 0 Å². The highest BCUT2D eigenvalue weighted by Crippen LogP contribution is 2.16. The van der Waals surface area contributed by atoms with Crippen molar-refractivity contribution in [3.8, 4) is 0 Å². The van der Waals surface area contributed by atoms with Gasteiger partial charge in [0, 0.05) is 0 Å². The summed E-state index contributed by atoms with van der Waals surface area (Å²) in [5.41, 5.74) is 5.56. The summed E-state index contributed by atoms with van der Waals surface area (Å²) in [5.74, 6) is 0. The third-order valence-electron chi connectivity index (χ3n) is 11.2. The lowest BCUT2D eigenvalue weighted by molar-refractivity contribution is 0.511. The van der Waals surface area contributed by atoms with Crippen molar-refractivity contribution < 1.29 is 0 Å². The first kappa shape index (κ1) is 49.7. The predicted molar refractivity (Wildman–Crippen MR) is 231 cm³/mol. The molecule has 0 rings (SSSR count). The standard InChI is InChI=1S/C48H98N2/c1-2-3-4-5-6-7-8-9-10-26-29-32-35-38-41-44-47-50-48-45-42-39-36-33-30-27-24-22-20-18-16-14-12-11-13-15-17-19-21-23-25-28-31-34-37-40-43-46-49/h9-10,50H,2-8,11-49H2,1H3. The van der Waals surface area contributed by atoms with Crippen molar-refractivity contribution in [1.29, 1.82) is 0 Å². The Hall–Kier alpha value is -0.340. The van der Waals surface area contributed by atoms with Crippen molar-refractivity contribution in [2.24, 2.45) is 5.73 Å². The Balaban J connectivity index is 3.06. The first-order valence-electron chi connectivity index (χ1n) is 24.0. The van der Waals surface area contributed by atoms with Gasteiger partial charge in [0.2, 0.25) is 0 Å². The van der Waals surface area contributed by atoms with Gasteiger partial charge in [0.1, 0.15) is 0 Å². The molecular formula is C48H98N2. The van der Waals surface area contributed by atoms with Crippen molar-refractivity contribution in [3.05, 3.63) is 12.2 Å². The zero-order valence-corrected chi connectivity index (χ0v) is 35.1. The maximum atomic E-state index is 5.56. The van der Waals surface area contributed by atoms with E-state index in [0.717, 1.165) is 6.54 Å². The summed E-state index contributed by atoms with van der Waals surface area (Å²) in [5, 5.41) is 3.69. The molecule has 0 aliphatic heterocycles. The monoisotopic (exact) mass is 703 g/mol. The van der Waals surface area contributed by atoms with Crippen molar-refractivity contribution in [2.45, 2.75) is 277 Å². The smallest absolute Gasteiger partial charge is 0.00489 e. The van der Waals surface area contributed by atoms with Crippen molar-refractivity contribution >= 4 is 0 Å². The maximum absolute atomic E-state index is 5.56. The fourth-order valence-electron chi connectivity index (χ4n) is 7.61. The Morgan fingerprint density at radius 2 is 0.500 bits per heavy atom. The van der Waals surface area contributed by atoms with Gasteiger partial charge >= 0.3 is 0 Å². The van der Waals surface area contributed by atoms with Crippen molar-refractivity contribution in [3.63, 3.8) is 0 Å². The van der Waals surface area contributed by atoms with E-state index < -0.39 is 0 Å². The number of nitrogens with one attached hydrogen (secondary N) is 1. The molecule has 0 aromatic rings. The molecule has 0 aromatic carbocycles. The zero-order chi connectivity index (χ0) is 35.9. The summed E-state index contributed by atoms with van der Waals surface area (Å²) in [4.78, 5) is 0. The van der Waals surface area contributed by atoms with Crippen LogP contribution in [0.4, 0.5) is 0 Å². The van der Waals surface area contributed by atoms with Crippen LogP contribution in [0.25, 0.3) is 0 Å². The molecule has 0 aliphatic rings. The third kappa shape index (κ3) is 47.7. The molecule has 0 unspecified atom stereocenters. The molecule has 0 aromatic heterocycles. The first-order chi connectivity index (χ1) is 24.9. The van der Waals surface area contributed by atoms with Gasteiger partial charge in [-0.25, -0.2) is 0 Å². The molecule has 0 bridgehead atoms. The van der Waals surface area contributed by atoms with Gasteiger partial charge in [-0.1, -0.05) is 244 Å². The summed E-state index contributed by atoms with van der Waals surface area (Å²) < 4.78 is 0. The lowest BCUT2D eigenvalue weighted by atomic mass is 10.0. The Kier molecular flexibility index (Phi) is 48.3. The number of unbranched alkanes of at least 4 members (excludes halogenated alkanes) is 39. The molecule has 0 saturated heterocycles. The number of allylic oxidation sites excluding steroid dienone is 2. The lowest BCUT2D eigenvalue weighted by Gasteiger charge is -2.06. The van der Waals surface area contributed by atoms with Crippen LogP contribution in [0.3, 0.4) is 0 Å². The molecule has 2 heteroatoms. The Labute approximate surface area is 318 Å². The largest absolute Gasteiger partial charge is 0.330 e. The minimum Gasteiger partial charge on any atom is -0.330 e. The van der Waals surface area contributed by atoms with E-state index in [-0.39, 0.29) is 0 Å². The van der Waals surface area contributed by atoms with Crippen LogP contribution in [-0.2, 0) is 0 Å². The molecule has 0 amide bonds. The van der Waals surface area contributed by atoms with Crippen LogP contribution in [0.1, 0.15) is 277 Å². The van der Waals surface area contributed by atoms with E-state index in [0.29, 0.717) is 0 Å². The summed E-state index contributed by atoms with van der Waals surface area (Å²) in [6.45, 7) is 5.64. The first-order valence-corrected chi connectivity index (χ1v) is 24.0. The minimum absolute atomic E-state index is 0.873. The second-order valence-electron chi connectivity index (χ2n) is 16.4. The van der Waals surface area contributed by atoms with E-state index in [1.54, 1.807) is 0 Å². The van der Waals surface area contributed by atoms with E-state index in [1.165, 1.54) is 283 Å². The highest BCUT2D eigenvalue weighted by molar-refractivity contribution is 4.81. The number of hydrogen-bond donors (Lipinski definition) is 2. The predicted octanol–water partition coefficient (Wildman–Crippen LogP) is 16.5. The third-order valence-corrected chi connectivity index (χ3v) is 11.2. The Morgan fingerprint density at radius 1 is 0.280 bits per heavy atom. The van der Waals surface area contributed by atoms with Crippen molar-refractivity contribution in [2.75, 3.05) is 19.6 Å². The molecule has 0 heterocycles. The van der Waals surface area contributed by atoms with Gasteiger partial charge < -0.3 is 11.1 Å². The molecule has 3 N–H and O–H groups in total. The Bertz CT molecular complexity index is 587. The SMILES string of the molecule is CCCCCCCCC=CCCCCCCCCNCCCCCCCCCCCCCCCCCCCCCCCCCCCCCCN. The second-order valence-corrected chi connectivity index (χ2v) is 16.4. The second kappa shape index (κ2) is 48.7. The summed E-state index contributed by atoms with van der Waals surface area (Å²) in [7, 11) is 0. The summed E-state index contributed by atoms with van der Waals surface area (Å²) in [6.07, 6.45) is 65.1. The fourth-order valence-corrected chi connectivity index (χ4v) is 7.61. The average molecular weight is 703 g/mol. The van der Waals surface area contributed by atoms with Crippen LogP contribution in [-0.4, -0.2) is 19.6 Å². The topological polar surface area (TPSA) is 38.0 Å². The van der Waals surface area contributed by atoms with Gasteiger partial charge in [-0.2, -0.15) is 0 Å². The number of hydrogen-bond acceptors (Lipinski definition) is 2. The van der Waals surface area contributed by atoms with Crippen LogP contribution in [0.15, 0.2) is 12.2 Å². The van der Waals surface area contributed by atoms with Crippen LogP contribution >= 0.6 is 0 Å². The quantitative estimate of drug-likeness (QED) is 0.0489. The van der Waals surface area contributed by atoms with Crippen LogP contribution in [0, 0.1) is 0 Å². The number of nitrogens with two attached hydrogens (primary N) is 1. The molecule has 0 atom stereocenters. The number of rotatable bonds is 46. The van der Waals surface area contributed by atoms with E-state index in [9.17, 15) is 0 Å². The minimum atomic E-state index is 0.873. The highest BCUT2D eigenvalue weighted by Gasteiger charge is 1.98. The molecule has 0 radical (unpaired) electrons. The van der Waals surface area contributed by atoms with E-state index in [2.05, 4.69) is 24.4 Å². The van der Waals surface area contributed by atoms with Gasteiger partial charge in [-0.3, -0.25) is 0 Å². The van der Waals surface area contributed by atoms with Gasteiger partial charge in [0.05, 0.1) is 0 Å². The zero-order valence-electron chi connectivity index (χ0n) is 35.1. The fraction of sp³-hybridized carbons (Fsp3) is 0.958. The highest BCUT2D eigenvalue weighted by atomic mass is 14.8. The van der Waals surface area contributed by atoms with Crippen LogP contribution in [0.5, 0.6) is 0 Å². The molecule has 0 aliphatic carbocycles. The lowest BCUT2D eigenvalue weighted by Crippen LogP contribution is -2.16. The van der Waals surface area contributed by atoms with E-state index >= 15 is 0 Å². The normalized spacial score (nSPS) is 11.8. The molecule has 0 saturated carbocycles. The maximum Gasteiger partial charge on any atom is -0.00489 e. The van der Waals surface area contributed by atoms with Gasteiger partial charge in [0.25, 0.3) is 0 Å². The molecular weight excluding hydrogens is 605 g/mol. The Morgan fingerprint density at radius 3 is 0.760 bits per heavy atom. The summed E-state index contributed by atoms with van der Waals surface area (Å²) in [6, 6.07) is 0. The molecule has 0 fully saturated rings. The molecule has 2 nitrogen and oxygen atoms in total. The van der Waals surface area contributed by atoms with E-state index in [4.69, 9.17) is 5.73 Å². The summed E-state index contributed by atoms with van der Waals surface area (Å²) >= 11 is 0. The van der Waals surface area contributed by atoms with Gasteiger partial charge in [-0.15, -0.1) is 0 Å². The van der Waals surface area contributed by atoms with Gasteiger partial charge in [-0.05, 0) is 64.6 Å². The molecule has 50 heavy (non-hydrogen) atoms. The molecule has 0 spiro atoms. The van der Waals surface area contributed by atoms with Crippen LogP contribution in [0.2, 0.25) is 0 Å². The molecule has 300 valence electrons. The van der Waals surface area contributed by atoms with Crippen LogP contribution < -0.4 is 11.1 Å².